The van der Waals surface area contributed by atoms with Crippen molar-refractivity contribution < 1.29 is 18.3 Å². The van der Waals surface area contributed by atoms with Gasteiger partial charge < -0.3 is 9.15 Å². The molecule has 34 heavy (non-hydrogen) atoms. The molecule has 0 fully saturated rings. The van der Waals surface area contributed by atoms with Crippen LogP contribution in [-0.2, 0) is 0 Å². The van der Waals surface area contributed by atoms with Crippen LogP contribution in [-0.4, -0.2) is 12.5 Å². The lowest BCUT2D eigenvalue weighted by molar-refractivity contribution is 0.0971. The Kier molecular flexibility index (Phi) is 5.88. The zero-order valence-electron chi connectivity index (χ0n) is 18.8. The number of anilines is 1. The van der Waals surface area contributed by atoms with E-state index < -0.39 is 17.8 Å². The van der Waals surface area contributed by atoms with Crippen molar-refractivity contribution in [2.45, 2.75) is 32.2 Å². The number of ether oxygens (including phenoxy) is 1. The maximum Gasteiger partial charge on any atom is 0.295 e. The molecule has 0 saturated heterocycles. The van der Waals surface area contributed by atoms with Crippen molar-refractivity contribution in [3.8, 4) is 5.75 Å². The Morgan fingerprint density at radius 2 is 1.76 bits per heavy atom. The van der Waals surface area contributed by atoms with Crippen LogP contribution in [0.5, 0.6) is 5.75 Å². The monoisotopic (exact) mass is 457 g/mol. The first-order valence-electron chi connectivity index (χ1n) is 11.5. The van der Waals surface area contributed by atoms with Crippen LogP contribution >= 0.6 is 0 Å². The van der Waals surface area contributed by atoms with E-state index in [-0.39, 0.29) is 16.8 Å². The van der Waals surface area contributed by atoms with Crippen LogP contribution in [0.3, 0.4) is 0 Å². The summed E-state index contributed by atoms with van der Waals surface area (Å²) < 4.78 is 25.5. The zero-order chi connectivity index (χ0) is 23.7. The van der Waals surface area contributed by atoms with Crippen LogP contribution < -0.4 is 15.1 Å². The topological polar surface area (TPSA) is 59.8 Å². The van der Waals surface area contributed by atoms with Gasteiger partial charge in [-0.15, -0.1) is 0 Å². The first kappa shape index (κ1) is 21.9. The number of carbonyl (C=O) groups is 1. The van der Waals surface area contributed by atoms with Gasteiger partial charge in [-0.25, -0.2) is 4.39 Å². The lowest BCUT2D eigenvalue weighted by atomic mass is 9.98. The number of rotatable bonds is 7. The molecule has 6 heteroatoms. The SMILES string of the molecule is CCCCCOc1cccc(C2c3c(oc4ccccc4c3=O)C(=O)N2c2ccc(F)cc2)c1. The summed E-state index contributed by atoms with van der Waals surface area (Å²) in [6.45, 7) is 2.72. The lowest BCUT2D eigenvalue weighted by Crippen LogP contribution is -2.29. The van der Waals surface area contributed by atoms with Crippen LogP contribution in [0.2, 0.25) is 0 Å². The number of carbonyl (C=O) groups excluding carboxylic acids is 1. The van der Waals surface area contributed by atoms with Gasteiger partial charge >= 0.3 is 0 Å². The maximum atomic E-state index is 13.6. The number of benzene rings is 3. The van der Waals surface area contributed by atoms with E-state index in [9.17, 15) is 14.0 Å². The summed E-state index contributed by atoms with van der Waals surface area (Å²) >= 11 is 0. The number of halogens is 1. The molecule has 1 aromatic heterocycles. The number of nitrogens with zero attached hydrogens (tertiary/aromatic N) is 1. The molecule has 0 aliphatic carbocycles. The number of hydrogen-bond acceptors (Lipinski definition) is 4. The molecule has 0 bridgehead atoms. The molecule has 1 atom stereocenters. The van der Waals surface area contributed by atoms with E-state index in [0.717, 1.165) is 19.3 Å². The third kappa shape index (κ3) is 3.85. The number of fused-ring (bicyclic) bond motifs is 2. The van der Waals surface area contributed by atoms with Crippen molar-refractivity contribution >= 4 is 22.6 Å². The third-order valence-electron chi connectivity index (χ3n) is 6.07. The molecule has 0 radical (unpaired) electrons. The molecule has 3 aromatic carbocycles. The molecule has 0 spiro atoms. The van der Waals surface area contributed by atoms with Gasteiger partial charge in [0.1, 0.15) is 17.1 Å². The number of amides is 1. The summed E-state index contributed by atoms with van der Waals surface area (Å²) in [7, 11) is 0. The highest BCUT2D eigenvalue weighted by Crippen LogP contribution is 2.41. The minimum absolute atomic E-state index is 0.00675. The van der Waals surface area contributed by atoms with E-state index in [0.29, 0.717) is 34.6 Å². The zero-order valence-corrected chi connectivity index (χ0v) is 18.8. The highest BCUT2D eigenvalue weighted by Gasteiger charge is 2.43. The van der Waals surface area contributed by atoms with Crippen LogP contribution in [0.4, 0.5) is 10.1 Å². The summed E-state index contributed by atoms with van der Waals surface area (Å²) in [5.74, 6) is -0.179. The van der Waals surface area contributed by atoms with Gasteiger partial charge in [-0.3, -0.25) is 14.5 Å². The van der Waals surface area contributed by atoms with Gasteiger partial charge in [0, 0.05) is 5.69 Å². The van der Waals surface area contributed by atoms with Crippen LogP contribution in [0.15, 0.2) is 82.0 Å². The summed E-state index contributed by atoms with van der Waals surface area (Å²) in [6, 6.07) is 19.2. The van der Waals surface area contributed by atoms with Gasteiger partial charge in [0.2, 0.25) is 5.76 Å². The van der Waals surface area contributed by atoms with E-state index in [1.165, 1.54) is 29.2 Å². The van der Waals surface area contributed by atoms with E-state index in [1.807, 2.05) is 24.3 Å². The molecule has 0 N–H and O–H groups in total. The molecule has 172 valence electrons. The van der Waals surface area contributed by atoms with Gasteiger partial charge in [-0.05, 0) is 60.5 Å². The molecule has 1 aliphatic heterocycles. The Morgan fingerprint density at radius 1 is 0.971 bits per heavy atom. The molecule has 5 nitrogen and oxygen atoms in total. The molecule has 4 aromatic rings. The van der Waals surface area contributed by atoms with Crippen molar-refractivity contribution in [2.24, 2.45) is 0 Å². The highest BCUT2D eigenvalue weighted by atomic mass is 19.1. The second kappa shape index (κ2) is 9.14. The molecule has 0 saturated carbocycles. The predicted octanol–water partition coefficient (Wildman–Crippen LogP) is 6.25. The summed E-state index contributed by atoms with van der Waals surface area (Å²) in [4.78, 5) is 28.6. The second-order valence-corrected chi connectivity index (χ2v) is 8.35. The molecule has 1 unspecified atom stereocenters. The predicted molar refractivity (Wildman–Crippen MR) is 129 cm³/mol. The molecular formula is C28H24FNO4. The number of unbranched alkanes of at least 4 members (excludes halogenated alkanes) is 2. The van der Waals surface area contributed by atoms with E-state index in [4.69, 9.17) is 9.15 Å². The van der Waals surface area contributed by atoms with Crippen molar-refractivity contribution in [3.63, 3.8) is 0 Å². The van der Waals surface area contributed by atoms with Gasteiger partial charge in [0.15, 0.2) is 5.43 Å². The summed E-state index contributed by atoms with van der Waals surface area (Å²) in [5, 5.41) is 0.409. The molecular weight excluding hydrogens is 433 g/mol. The summed E-state index contributed by atoms with van der Waals surface area (Å²) in [6.07, 6.45) is 3.13. The Labute approximate surface area is 196 Å². The molecule has 5 rings (SSSR count). The average Bonchev–Trinajstić information content (AvgIpc) is 3.15. The number of para-hydroxylation sites is 1. The van der Waals surface area contributed by atoms with Crippen LogP contribution in [0.25, 0.3) is 11.0 Å². The lowest BCUT2D eigenvalue weighted by Gasteiger charge is -2.25. The summed E-state index contributed by atoms with van der Waals surface area (Å²) in [5.41, 5.74) is 1.56. The van der Waals surface area contributed by atoms with E-state index >= 15 is 0 Å². The quantitative estimate of drug-likeness (QED) is 0.308. The largest absolute Gasteiger partial charge is 0.494 e. The normalized spacial score (nSPS) is 15.1. The smallest absolute Gasteiger partial charge is 0.295 e. The van der Waals surface area contributed by atoms with Gasteiger partial charge in [0.05, 0.1) is 23.6 Å². The maximum absolute atomic E-state index is 13.6. The molecule has 1 aliphatic rings. The first-order chi connectivity index (χ1) is 16.6. The highest BCUT2D eigenvalue weighted by molar-refractivity contribution is 6.10. The minimum Gasteiger partial charge on any atom is -0.494 e. The van der Waals surface area contributed by atoms with Crippen LogP contribution in [0, 0.1) is 5.82 Å². The third-order valence-corrected chi connectivity index (χ3v) is 6.07. The first-order valence-corrected chi connectivity index (χ1v) is 11.5. The van der Waals surface area contributed by atoms with Crippen molar-refractivity contribution in [1.82, 2.24) is 0 Å². The van der Waals surface area contributed by atoms with E-state index in [1.54, 1.807) is 24.3 Å². The minimum atomic E-state index is -0.729. The van der Waals surface area contributed by atoms with E-state index in [2.05, 4.69) is 6.92 Å². The fourth-order valence-electron chi connectivity index (χ4n) is 4.42. The second-order valence-electron chi connectivity index (χ2n) is 8.35. The average molecular weight is 458 g/mol. The Hall–Kier alpha value is -3.93. The van der Waals surface area contributed by atoms with Gasteiger partial charge in [0.25, 0.3) is 5.91 Å². The standard InChI is InChI=1S/C28H24FNO4/c1-2-3-6-16-33-21-9-7-8-18(17-21)25-24-26(31)22-10-4-5-11-23(22)34-27(24)28(32)30(25)20-14-12-19(29)13-15-20/h4-5,7-15,17,25H,2-3,6,16H2,1H3. The Morgan fingerprint density at radius 3 is 2.56 bits per heavy atom. The Balaban J connectivity index is 1.65. The van der Waals surface area contributed by atoms with Crippen molar-refractivity contribution in [3.05, 3.63) is 106 Å². The van der Waals surface area contributed by atoms with Gasteiger partial charge in [-0.1, -0.05) is 44.0 Å². The van der Waals surface area contributed by atoms with Crippen molar-refractivity contribution in [2.75, 3.05) is 11.5 Å². The van der Waals surface area contributed by atoms with Crippen molar-refractivity contribution in [1.29, 1.82) is 0 Å². The number of hydrogen-bond donors (Lipinski definition) is 0. The fourth-order valence-corrected chi connectivity index (χ4v) is 4.42. The Bertz CT molecular complexity index is 1410. The molecule has 2 heterocycles. The molecule has 1 amide bonds. The van der Waals surface area contributed by atoms with Crippen LogP contribution in [0.1, 0.15) is 53.9 Å². The fraction of sp³-hybridized carbons (Fsp3) is 0.214. The van der Waals surface area contributed by atoms with Gasteiger partial charge in [-0.2, -0.15) is 0 Å².